The average molecular weight is 489 g/mol. The number of aliphatic hydroxyl groups is 1. The van der Waals surface area contributed by atoms with Gasteiger partial charge in [-0.2, -0.15) is 0 Å². The van der Waals surface area contributed by atoms with Crippen LogP contribution in [0.1, 0.15) is 39.5 Å². The Morgan fingerprint density at radius 1 is 0.882 bits per heavy atom. The maximum absolute atomic E-state index is 12.7. The van der Waals surface area contributed by atoms with Crippen molar-refractivity contribution in [1.29, 1.82) is 0 Å². The highest BCUT2D eigenvalue weighted by atomic mass is 16.4. The Bertz CT molecular complexity index is 755. The number of aliphatic carboxylic acids is 1. The van der Waals surface area contributed by atoms with Gasteiger partial charge in [-0.25, -0.2) is 4.79 Å². The van der Waals surface area contributed by atoms with Crippen molar-refractivity contribution in [2.24, 2.45) is 33.8 Å². The van der Waals surface area contributed by atoms with Gasteiger partial charge in [0.1, 0.15) is 18.1 Å². The highest BCUT2D eigenvalue weighted by Crippen LogP contribution is 2.04. The van der Waals surface area contributed by atoms with Crippen LogP contribution in [0, 0.1) is 5.92 Å². The number of hydrogen-bond donors (Lipinski definition) is 9. The quantitative estimate of drug-likeness (QED) is 0.0573. The van der Waals surface area contributed by atoms with Crippen molar-refractivity contribution in [3.8, 4) is 0 Å². The molecule has 0 aromatic heterocycles. The number of amides is 4. The maximum Gasteiger partial charge on any atom is 0.326 e. The lowest BCUT2D eigenvalue weighted by atomic mass is 10.0. The van der Waals surface area contributed by atoms with Crippen LogP contribution in [0.15, 0.2) is 4.99 Å². The van der Waals surface area contributed by atoms with Crippen molar-refractivity contribution >= 4 is 35.6 Å². The first-order chi connectivity index (χ1) is 15.8. The molecule has 0 heterocycles. The van der Waals surface area contributed by atoms with Crippen LogP contribution in [0.4, 0.5) is 0 Å². The molecule has 0 rings (SSSR count). The van der Waals surface area contributed by atoms with Crippen molar-refractivity contribution in [3.05, 3.63) is 0 Å². The van der Waals surface area contributed by atoms with Crippen LogP contribution < -0.4 is 38.9 Å². The minimum absolute atomic E-state index is 0.0315. The zero-order valence-corrected chi connectivity index (χ0v) is 19.3. The monoisotopic (exact) mass is 488 g/mol. The molecule has 0 radical (unpaired) electrons. The largest absolute Gasteiger partial charge is 0.480 e. The minimum Gasteiger partial charge on any atom is -0.480 e. The molecule has 15 nitrogen and oxygen atoms in total. The van der Waals surface area contributed by atoms with E-state index in [0.29, 0.717) is 6.42 Å². The van der Waals surface area contributed by atoms with Crippen LogP contribution in [-0.4, -0.2) is 83.1 Å². The SMILES string of the molecule is CC(C)CC(N)C(=O)NC(CO)C(=O)NC(CCCN=C(N)N)C(=O)NC(CC(N)=O)C(=O)O. The maximum atomic E-state index is 12.7. The predicted octanol–water partition coefficient (Wildman–Crippen LogP) is -4.18. The Morgan fingerprint density at radius 3 is 1.88 bits per heavy atom. The number of nitrogens with two attached hydrogens (primary N) is 4. The molecule has 0 aliphatic carbocycles. The van der Waals surface area contributed by atoms with E-state index < -0.39 is 66.8 Å². The first kappa shape index (κ1) is 30.5. The Balaban J connectivity index is 5.42. The van der Waals surface area contributed by atoms with Gasteiger partial charge in [-0.1, -0.05) is 13.8 Å². The molecule has 0 saturated carbocycles. The van der Waals surface area contributed by atoms with Gasteiger partial charge >= 0.3 is 5.97 Å². The number of nitrogens with one attached hydrogen (secondary N) is 3. The molecule has 34 heavy (non-hydrogen) atoms. The van der Waals surface area contributed by atoms with Crippen molar-refractivity contribution in [2.75, 3.05) is 13.2 Å². The Kier molecular flexibility index (Phi) is 13.8. The van der Waals surface area contributed by atoms with Crippen LogP contribution in [0.25, 0.3) is 0 Å². The summed E-state index contributed by atoms with van der Waals surface area (Å²) in [6, 6.07) is -5.25. The molecule has 0 aliphatic rings. The number of hydrogen-bond acceptors (Lipinski definition) is 8. The van der Waals surface area contributed by atoms with E-state index in [2.05, 4.69) is 20.9 Å². The summed E-state index contributed by atoms with van der Waals surface area (Å²) in [5.41, 5.74) is 21.3. The lowest BCUT2D eigenvalue weighted by Crippen LogP contribution is -2.58. The van der Waals surface area contributed by atoms with E-state index in [9.17, 15) is 34.2 Å². The van der Waals surface area contributed by atoms with Crippen LogP contribution in [-0.2, 0) is 24.0 Å². The lowest BCUT2D eigenvalue weighted by molar-refractivity contribution is -0.143. The fourth-order valence-corrected chi connectivity index (χ4v) is 2.81. The van der Waals surface area contributed by atoms with Crippen molar-refractivity contribution < 1.29 is 34.2 Å². The first-order valence-corrected chi connectivity index (χ1v) is 10.6. The summed E-state index contributed by atoms with van der Waals surface area (Å²) in [7, 11) is 0. The van der Waals surface area contributed by atoms with Gasteiger partial charge in [0.2, 0.25) is 23.6 Å². The second kappa shape index (κ2) is 15.4. The third kappa shape index (κ3) is 12.5. The Morgan fingerprint density at radius 2 is 1.41 bits per heavy atom. The van der Waals surface area contributed by atoms with Crippen LogP contribution >= 0.6 is 0 Å². The summed E-state index contributed by atoms with van der Waals surface area (Å²) in [6.07, 6.45) is -0.147. The van der Waals surface area contributed by atoms with Crippen LogP contribution in [0.3, 0.4) is 0 Å². The van der Waals surface area contributed by atoms with E-state index >= 15 is 0 Å². The van der Waals surface area contributed by atoms with E-state index in [0.717, 1.165) is 0 Å². The molecule has 13 N–H and O–H groups in total. The van der Waals surface area contributed by atoms with Crippen molar-refractivity contribution in [3.63, 3.8) is 0 Å². The minimum atomic E-state index is -1.62. The number of carboxylic acid groups (broad SMARTS) is 1. The number of carbonyl (C=O) groups excluding carboxylic acids is 4. The third-order valence-electron chi connectivity index (χ3n) is 4.48. The molecule has 4 unspecified atom stereocenters. The number of nitrogens with zero attached hydrogens (tertiary/aromatic N) is 1. The number of aliphatic hydroxyl groups excluding tert-OH is 1. The highest BCUT2D eigenvalue weighted by Gasteiger charge is 2.30. The molecule has 0 aliphatic heterocycles. The summed E-state index contributed by atoms with van der Waals surface area (Å²) < 4.78 is 0. The molecule has 4 atom stereocenters. The van der Waals surface area contributed by atoms with Gasteiger partial charge in [0.25, 0.3) is 0 Å². The predicted molar refractivity (Wildman–Crippen MR) is 122 cm³/mol. The molecule has 0 bridgehead atoms. The fourth-order valence-electron chi connectivity index (χ4n) is 2.81. The molecule has 0 aromatic rings. The molecule has 0 saturated heterocycles. The number of carbonyl (C=O) groups is 5. The summed E-state index contributed by atoms with van der Waals surface area (Å²) in [5, 5.41) is 25.6. The Labute approximate surface area is 197 Å². The number of rotatable bonds is 16. The number of guanidine groups is 1. The number of primary amides is 1. The zero-order chi connectivity index (χ0) is 26.4. The normalized spacial score (nSPS) is 14.3. The third-order valence-corrected chi connectivity index (χ3v) is 4.48. The van der Waals surface area contributed by atoms with Gasteiger partial charge < -0.3 is 49.1 Å². The topological polar surface area (TPSA) is 278 Å². The zero-order valence-electron chi connectivity index (χ0n) is 19.3. The van der Waals surface area contributed by atoms with Gasteiger partial charge in [-0.3, -0.25) is 24.2 Å². The van der Waals surface area contributed by atoms with E-state index in [-0.39, 0.29) is 31.3 Å². The van der Waals surface area contributed by atoms with Crippen LogP contribution in [0.2, 0.25) is 0 Å². The smallest absolute Gasteiger partial charge is 0.326 e. The molecule has 0 aromatic carbocycles. The van der Waals surface area contributed by atoms with E-state index in [4.69, 9.17) is 22.9 Å². The van der Waals surface area contributed by atoms with E-state index in [1.807, 2.05) is 13.8 Å². The molecular formula is C19H36N8O7. The molecule has 194 valence electrons. The van der Waals surface area contributed by atoms with Gasteiger partial charge in [-0.05, 0) is 25.2 Å². The highest BCUT2D eigenvalue weighted by molar-refractivity contribution is 5.94. The van der Waals surface area contributed by atoms with Gasteiger partial charge in [0, 0.05) is 6.54 Å². The number of aliphatic imine (C=N–C) groups is 1. The second-order valence-electron chi connectivity index (χ2n) is 8.06. The summed E-state index contributed by atoms with van der Waals surface area (Å²) in [5.74, 6) is -5.02. The summed E-state index contributed by atoms with van der Waals surface area (Å²) in [6.45, 7) is 3.04. The van der Waals surface area contributed by atoms with Crippen molar-refractivity contribution in [2.45, 2.75) is 63.7 Å². The average Bonchev–Trinajstić information content (AvgIpc) is 2.71. The van der Waals surface area contributed by atoms with Gasteiger partial charge in [0.15, 0.2) is 5.96 Å². The lowest BCUT2D eigenvalue weighted by Gasteiger charge is -2.24. The summed E-state index contributed by atoms with van der Waals surface area (Å²) >= 11 is 0. The molecular weight excluding hydrogens is 452 g/mol. The van der Waals surface area contributed by atoms with E-state index in [1.54, 1.807) is 0 Å². The standard InChI is InChI=1S/C19H36N8O7/c1-9(2)6-10(20)15(30)27-13(8-28)17(32)25-11(4-3-5-24-19(22)23)16(31)26-12(18(33)34)7-14(21)29/h9-13,28H,3-8,20H2,1-2H3,(H2,21,29)(H,25,32)(H,26,31)(H,27,30)(H,33,34)(H4,22,23,24). The summed E-state index contributed by atoms with van der Waals surface area (Å²) in [4.78, 5) is 63.7. The molecule has 0 fully saturated rings. The second-order valence-corrected chi connectivity index (χ2v) is 8.06. The first-order valence-electron chi connectivity index (χ1n) is 10.6. The van der Waals surface area contributed by atoms with E-state index in [1.165, 1.54) is 0 Å². The Hall–Kier alpha value is -3.46. The van der Waals surface area contributed by atoms with Crippen molar-refractivity contribution in [1.82, 2.24) is 16.0 Å². The van der Waals surface area contributed by atoms with Crippen LogP contribution in [0.5, 0.6) is 0 Å². The molecule has 15 heteroatoms. The molecule has 4 amide bonds. The molecule has 0 spiro atoms. The fraction of sp³-hybridized carbons (Fsp3) is 0.684. The van der Waals surface area contributed by atoms with Gasteiger partial charge in [-0.15, -0.1) is 0 Å². The van der Waals surface area contributed by atoms with Gasteiger partial charge in [0.05, 0.1) is 19.1 Å². The number of carboxylic acids is 1.